The summed E-state index contributed by atoms with van der Waals surface area (Å²) in [5, 5.41) is 3.85. The van der Waals surface area contributed by atoms with E-state index >= 15 is 0 Å². The molecule has 0 bridgehead atoms. The first-order valence-corrected chi connectivity index (χ1v) is 6.15. The number of nitrogens with one attached hydrogen (secondary N) is 2. The van der Waals surface area contributed by atoms with Crippen LogP contribution in [-0.2, 0) is 0 Å². The summed E-state index contributed by atoms with van der Waals surface area (Å²) >= 11 is 0. The number of hydrogen-bond acceptors (Lipinski definition) is 4. The van der Waals surface area contributed by atoms with E-state index in [4.69, 9.17) is 9.47 Å². The number of benzene rings is 1. The van der Waals surface area contributed by atoms with Gasteiger partial charge in [0.2, 0.25) is 5.75 Å². The normalized spacial score (nSPS) is 10.8. The van der Waals surface area contributed by atoms with Gasteiger partial charge in [0.25, 0.3) is 5.56 Å². The van der Waals surface area contributed by atoms with Crippen molar-refractivity contribution in [2.75, 3.05) is 19.5 Å². The van der Waals surface area contributed by atoms with Crippen LogP contribution in [0.1, 0.15) is 13.8 Å². The molecule has 1 heterocycles. The summed E-state index contributed by atoms with van der Waals surface area (Å²) in [5.41, 5.74) is 1.35. The maximum absolute atomic E-state index is 12.1. The Balaban J connectivity index is 2.71. The molecule has 0 aliphatic rings. The van der Waals surface area contributed by atoms with Crippen LogP contribution in [0.15, 0.2) is 23.0 Å². The van der Waals surface area contributed by atoms with Crippen molar-refractivity contribution in [3.8, 4) is 11.5 Å². The van der Waals surface area contributed by atoms with E-state index in [2.05, 4.69) is 10.3 Å². The second-order valence-electron chi connectivity index (χ2n) is 4.49. The zero-order chi connectivity index (χ0) is 14.0. The molecule has 2 N–H and O–H groups in total. The van der Waals surface area contributed by atoms with Crippen molar-refractivity contribution in [3.63, 3.8) is 0 Å². The van der Waals surface area contributed by atoms with Crippen LogP contribution in [0.5, 0.6) is 11.5 Å². The number of rotatable bonds is 4. The fraction of sp³-hybridized carbons (Fsp3) is 0.357. The van der Waals surface area contributed by atoms with Crippen LogP contribution in [0.2, 0.25) is 0 Å². The molecule has 0 unspecified atom stereocenters. The number of anilines is 1. The molecular formula is C14H18N2O3. The predicted octanol–water partition coefficient (Wildman–Crippen LogP) is 2.37. The summed E-state index contributed by atoms with van der Waals surface area (Å²) in [4.78, 5) is 14.9. The van der Waals surface area contributed by atoms with Crippen LogP contribution in [0.4, 0.5) is 5.69 Å². The number of methoxy groups -OCH3 is 1. The molecule has 0 atom stereocenters. The van der Waals surface area contributed by atoms with E-state index in [1.165, 1.54) is 7.11 Å². The number of fused-ring (bicyclic) bond motifs is 1. The van der Waals surface area contributed by atoms with Gasteiger partial charge in [0, 0.05) is 18.1 Å². The SMILES string of the molecule is CNc1ccc2c(OC)c(OC(C)C)c(=O)[nH]c2c1. The van der Waals surface area contributed by atoms with Crippen LogP contribution in [0.3, 0.4) is 0 Å². The van der Waals surface area contributed by atoms with Gasteiger partial charge in [-0.05, 0) is 32.0 Å². The Morgan fingerprint density at radius 1 is 1.26 bits per heavy atom. The molecule has 0 amide bonds. The lowest BCUT2D eigenvalue weighted by Gasteiger charge is -2.14. The van der Waals surface area contributed by atoms with Crippen molar-refractivity contribution in [2.24, 2.45) is 0 Å². The van der Waals surface area contributed by atoms with Crippen molar-refractivity contribution in [2.45, 2.75) is 20.0 Å². The van der Waals surface area contributed by atoms with Crippen LogP contribution in [-0.4, -0.2) is 25.2 Å². The molecule has 0 saturated carbocycles. The Labute approximate surface area is 111 Å². The van der Waals surface area contributed by atoms with Gasteiger partial charge in [0.15, 0.2) is 5.75 Å². The highest BCUT2D eigenvalue weighted by Crippen LogP contribution is 2.32. The highest BCUT2D eigenvalue weighted by Gasteiger charge is 2.16. The highest BCUT2D eigenvalue weighted by atomic mass is 16.5. The maximum atomic E-state index is 12.1. The Morgan fingerprint density at radius 3 is 2.58 bits per heavy atom. The molecule has 0 radical (unpaired) electrons. The fourth-order valence-corrected chi connectivity index (χ4v) is 1.95. The third kappa shape index (κ3) is 2.50. The first-order valence-electron chi connectivity index (χ1n) is 6.15. The molecule has 2 aromatic rings. The third-order valence-electron chi connectivity index (χ3n) is 2.77. The number of aromatic nitrogens is 1. The minimum Gasteiger partial charge on any atom is -0.492 e. The van der Waals surface area contributed by atoms with Gasteiger partial charge in [-0.15, -0.1) is 0 Å². The topological polar surface area (TPSA) is 63.4 Å². The molecular weight excluding hydrogens is 244 g/mol. The average Bonchev–Trinajstić information content (AvgIpc) is 2.38. The van der Waals surface area contributed by atoms with Gasteiger partial charge in [-0.2, -0.15) is 0 Å². The van der Waals surface area contributed by atoms with Crippen molar-refractivity contribution in [3.05, 3.63) is 28.6 Å². The molecule has 5 heteroatoms. The fourth-order valence-electron chi connectivity index (χ4n) is 1.95. The summed E-state index contributed by atoms with van der Waals surface area (Å²) in [5.74, 6) is 0.692. The summed E-state index contributed by atoms with van der Waals surface area (Å²) in [7, 11) is 3.36. The number of aromatic amines is 1. The van der Waals surface area contributed by atoms with E-state index in [9.17, 15) is 4.79 Å². The monoisotopic (exact) mass is 262 g/mol. The van der Waals surface area contributed by atoms with Crippen LogP contribution >= 0.6 is 0 Å². The Morgan fingerprint density at radius 2 is 2.00 bits per heavy atom. The van der Waals surface area contributed by atoms with Crippen LogP contribution < -0.4 is 20.3 Å². The highest BCUT2D eigenvalue weighted by molar-refractivity contribution is 5.89. The van der Waals surface area contributed by atoms with Crippen molar-refractivity contribution in [1.29, 1.82) is 0 Å². The summed E-state index contributed by atoms with van der Waals surface area (Å²) < 4.78 is 10.9. The summed E-state index contributed by atoms with van der Waals surface area (Å²) in [6.07, 6.45) is -0.0935. The van der Waals surface area contributed by atoms with E-state index in [0.29, 0.717) is 11.3 Å². The van der Waals surface area contributed by atoms with Gasteiger partial charge < -0.3 is 19.8 Å². The minimum absolute atomic E-state index is 0.0935. The lowest BCUT2D eigenvalue weighted by Crippen LogP contribution is -2.17. The Bertz CT molecular complexity index is 647. The second-order valence-corrected chi connectivity index (χ2v) is 4.49. The number of hydrogen-bond donors (Lipinski definition) is 2. The summed E-state index contributed by atoms with van der Waals surface area (Å²) in [6.45, 7) is 3.74. The lowest BCUT2D eigenvalue weighted by molar-refractivity contribution is 0.227. The van der Waals surface area contributed by atoms with Crippen molar-refractivity contribution < 1.29 is 9.47 Å². The smallest absolute Gasteiger partial charge is 0.294 e. The lowest BCUT2D eigenvalue weighted by atomic mass is 10.1. The molecule has 1 aromatic carbocycles. The molecule has 0 spiro atoms. The van der Waals surface area contributed by atoms with Gasteiger partial charge in [-0.3, -0.25) is 4.79 Å². The molecule has 102 valence electrons. The average molecular weight is 262 g/mol. The van der Waals surface area contributed by atoms with Gasteiger partial charge in [0.1, 0.15) is 0 Å². The molecule has 0 aliphatic carbocycles. The standard InChI is InChI=1S/C14H18N2O3/c1-8(2)19-13-12(18-4)10-6-5-9(15-3)7-11(10)16-14(13)17/h5-8,15H,1-4H3,(H,16,17). The van der Waals surface area contributed by atoms with E-state index in [0.717, 1.165) is 11.1 Å². The van der Waals surface area contributed by atoms with Gasteiger partial charge in [0.05, 0.1) is 18.7 Å². The molecule has 19 heavy (non-hydrogen) atoms. The molecule has 1 aromatic heterocycles. The number of H-pyrrole nitrogens is 1. The van der Waals surface area contributed by atoms with Gasteiger partial charge >= 0.3 is 0 Å². The van der Waals surface area contributed by atoms with Gasteiger partial charge in [-0.25, -0.2) is 0 Å². The second kappa shape index (κ2) is 5.22. The molecule has 2 rings (SSSR count). The van der Waals surface area contributed by atoms with Crippen LogP contribution in [0.25, 0.3) is 10.9 Å². The van der Waals surface area contributed by atoms with Crippen molar-refractivity contribution in [1.82, 2.24) is 4.98 Å². The molecule has 0 aliphatic heterocycles. The van der Waals surface area contributed by atoms with E-state index < -0.39 is 0 Å². The van der Waals surface area contributed by atoms with E-state index in [1.807, 2.05) is 39.1 Å². The molecule has 0 saturated heterocycles. The van der Waals surface area contributed by atoms with E-state index in [1.54, 1.807) is 0 Å². The van der Waals surface area contributed by atoms with Crippen molar-refractivity contribution >= 4 is 16.6 Å². The first kappa shape index (κ1) is 13.3. The van der Waals surface area contributed by atoms with Crippen LogP contribution in [0, 0.1) is 0 Å². The maximum Gasteiger partial charge on any atom is 0.294 e. The number of pyridine rings is 1. The Kier molecular flexibility index (Phi) is 3.64. The van der Waals surface area contributed by atoms with Gasteiger partial charge in [-0.1, -0.05) is 0 Å². The zero-order valence-electron chi connectivity index (χ0n) is 11.5. The third-order valence-corrected chi connectivity index (χ3v) is 2.77. The Hall–Kier alpha value is -2.17. The largest absolute Gasteiger partial charge is 0.492 e. The number of ether oxygens (including phenoxy) is 2. The summed E-state index contributed by atoms with van der Waals surface area (Å²) in [6, 6.07) is 5.67. The molecule has 5 nitrogen and oxygen atoms in total. The quantitative estimate of drug-likeness (QED) is 0.888. The van der Waals surface area contributed by atoms with E-state index in [-0.39, 0.29) is 17.4 Å². The first-order chi connectivity index (χ1) is 9.06. The zero-order valence-corrected chi connectivity index (χ0v) is 11.5. The molecule has 0 fully saturated rings. The minimum atomic E-state index is -0.286. The predicted molar refractivity (Wildman–Crippen MR) is 76.4 cm³/mol.